The lowest BCUT2D eigenvalue weighted by molar-refractivity contribution is -0.0397. The predicted octanol–water partition coefficient (Wildman–Crippen LogP) is 2.70. The van der Waals surface area contributed by atoms with E-state index >= 15 is 0 Å². The zero-order valence-corrected chi connectivity index (χ0v) is 12.2. The van der Waals surface area contributed by atoms with Crippen molar-refractivity contribution in [3.05, 3.63) is 48.0 Å². The zero-order valence-electron chi connectivity index (χ0n) is 12.2. The van der Waals surface area contributed by atoms with Gasteiger partial charge in [-0.1, -0.05) is 42.5 Å². The Morgan fingerprint density at radius 3 is 2.57 bits per heavy atom. The topological polar surface area (TPSA) is 38.5 Å². The number of ether oxygens (including phenoxy) is 1. The van der Waals surface area contributed by atoms with Gasteiger partial charge in [0.2, 0.25) is 0 Å². The van der Waals surface area contributed by atoms with Crippen molar-refractivity contribution in [1.29, 1.82) is 0 Å². The number of hydrogen-bond acceptors (Lipinski definition) is 3. The lowest BCUT2D eigenvalue weighted by atomic mass is 9.99. The van der Waals surface area contributed by atoms with Crippen LogP contribution >= 0.6 is 0 Å². The van der Waals surface area contributed by atoms with E-state index in [9.17, 15) is 0 Å². The molecule has 3 unspecified atom stereocenters. The van der Waals surface area contributed by atoms with Gasteiger partial charge in [0.15, 0.2) is 0 Å². The van der Waals surface area contributed by atoms with E-state index < -0.39 is 0 Å². The number of benzene rings is 2. The molecule has 2 fully saturated rings. The molecule has 2 aromatic rings. The summed E-state index contributed by atoms with van der Waals surface area (Å²) in [5.41, 5.74) is 7.78. The van der Waals surface area contributed by atoms with Crippen molar-refractivity contribution in [1.82, 2.24) is 4.90 Å². The number of rotatable bonds is 3. The summed E-state index contributed by atoms with van der Waals surface area (Å²) in [6, 6.07) is 15.0. The standard InChI is InChI=1S/C18H22N2O/c19-18(12-20-10-14-8-9-15(11-20)21-14)17-7-3-5-13-4-1-2-6-16(13)17/h1-7,14-15,18H,8-12,19H2. The van der Waals surface area contributed by atoms with Crippen LogP contribution in [0.5, 0.6) is 0 Å². The fraction of sp³-hybridized carbons (Fsp3) is 0.444. The number of likely N-dealkylation sites (tertiary alicyclic amines) is 1. The van der Waals surface area contributed by atoms with E-state index in [-0.39, 0.29) is 6.04 Å². The first-order valence-corrected chi connectivity index (χ1v) is 7.90. The second-order valence-corrected chi connectivity index (χ2v) is 6.35. The summed E-state index contributed by atoms with van der Waals surface area (Å²) in [6.07, 6.45) is 3.29. The molecule has 21 heavy (non-hydrogen) atoms. The molecule has 2 aliphatic heterocycles. The molecule has 2 bridgehead atoms. The summed E-state index contributed by atoms with van der Waals surface area (Å²) in [5, 5.41) is 2.55. The Labute approximate surface area is 125 Å². The van der Waals surface area contributed by atoms with E-state index in [0.717, 1.165) is 19.6 Å². The lowest BCUT2D eigenvalue weighted by Gasteiger charge is -2.33. The van der Waals surface area contributed by atoms with Crippen molar-refractivity contribution in [3.8, 4) is 0 Å². The SMILES string of the molecule is NC(CN1CC2CCC(C1)O2)c1cccc2ccccc12. The quantitative estimate of drug-likeness (QED) is 0.940. The first-order chi connectivity index (χ1) is 10.3. The van der Waals surface area contributed by atoms with E-state index in [1.54, 1.807) is 0 Å². The molecule has 4 rings (SSSR count). The number of nitrogens with two attached hydrogens (primary N) is 1. The van der Waals surface area contributed by atoms with E-state index in [2.05, 4.69) is 47.4 Å². The second-order valence-electron chi connectivity index (χ2n) is 6.35. The molecule has 3 nitrogen and oxygen atoms in total. The van der Waals surface area contributed by atoms with Gasteiger partial charge in [-0.05, 0) is 29.2 Å². The van der Waals surface area contributed by atoms with Crippen molar-refractivity contribution in [2.75, 3.05) is 19.6 Å². The van der Waals surface area contributed by atoms with Gasteiger partial charge in [-0.15, -0.1) is 0 Å². The van der Waals surface area contributed by atoms with Gasteiger partial charge >= 0.3 is 0 Å². The lowest BCUT2D eigenvalue weighted by Crippen LogP contribution is -2.45. The third-order valence-electron chi connectivity index (χ3n) is 4.80. The highest BCUT2D eigenvalue weighted by molar-refractivity contribution is 5.86. The number of hydrogen-bond donors (Lipinski definition) is 1. The van der Waals surface area contributed by atoms with Crippen LogP contribution in [0.4, 0.5) is 0 Å². The Hall–Kier alpha value is -1.42. The Kier molecular flexibility index (Phi) is 3.42. The highest BCUT2D eigenvalue weighted by Gasteiger charge is 2.34. The molecular formula is C18H22N2O. The van der Waals surface area contributed by atoms with Crippen LogP contribution in [0.25, 0.3) is 10.8 Å². The average Bonchev–Trinajstić information content (AvgIpc) is 2.85. The van der Waals surface area contributed by atoms with Crippen LogP contribution in [0, 0.1) is 0 Å². The molecule has 2 aliphatic rings. The molecule has 3 atom stereocenters. The molecule has 0 aromatic heterocycles. The minimum absolute atomic E-state index is 0.0635. The Balaban J connectivity index is 1.55. The summed E-state index contributed by atoms with van der Waals surface area (Å²) < 4.78 is 5.90. The smallest absolute Gasteiger partial charge is 0.0707 e. The third kappa shape index (κ3) is 2.57. The highest BCUT2D eigenvalue weighted by atomic mass is 16.5. The molecule has 2 saturated heterocycles. The number of morpholine rings is 1. The number of fused-ring (bicyclic) bond motifs is 3. The predicted molar refractivity (Wildman–Crippen MR) is 85.2 cm³/mol. The minimum Gasteiger partial charge on any atom is -0.372 e. The van der Waals surface area contributed by atoms with Crippen molar-refractivity contribution >= 4 is 10.8 Å². The molecule has 0 aliphatic carbocycles. The minimum atomic E-state index is 0.0635. The molecule has 0 saturated carbocycles. The van der Waals surface area contributed by atoms with Crippen LogP contribution in [0.1, 0.15) is 24.4 Å². The maximum Gasteiger partial charge on any atom is 0.0707 e. The molecule has 2 heterocycles. The maximum atomic E-state index is 6.52. The van der Waals surface area contributed by atoms with Crippen LogP contribution in [0.3, 0.4) is 0 Å². The van der Waals surface area contributed by atoms with Crippen LogP contribution in [0.2, 0.25) is 0 Å². The Bertz CT molecular complexity index is 625. The zero-order chi connectivity index (χ0) is 14.2. The summed E-state index contributed by atoms with van der Waals surface area (Å²) in [4.78, 5) is 2.48. The molecule has 0 spiro atoms. The van der Waals surface area contributed by atoms with E-state index in [1.807, 2.05) is 0 Å². The van der Waals surface area contributed by atoms with Crippen LogP contribution in [-0.2, 0) is 4.74 Å². The van der Waals surface area contributed by atoms with Crippen molar-refractivity contribution < 1.29 is 4.74 Å². The van der Waals surface area contributed by atoms with E-state index in [1.165, 1.54) is 29.2 Å². The number of nitrogens with zero attached hydrogens (tertiary/aromatic N) is 1. The Morgan fingerprint density at radius 2 is 1.76 bits per heavy atom. The van der Waals surface area contributed by atoms with Gasteiger partial charge in [0, 0.05) is 25.7 Å². The third-order valence-corrected chi connectivity index (χ3v) is 4.80. The fourth-order valence-electron chi connectivity index (χ4n) is 3.80. The largest absolute Gasteiger partial charge is 0.372 e. The summed E-state index contributed by atoms with van der Waals surface area (Å²) in [6.45, 7) is 2.99. The van der Waals surface area contributed by atoms with Crippen molar-refractivity contribution in [3.63, 3.8) is 0 Å². The normalized spacial score (nSPS) is 27.1. The van der Waals surface area contributed by atoms with Crippen molar-refractivity contribution in [2.24, 2.45) is 5.73 Å². The van der Waals surface area contributed by atoms with E-state index in [0.29, 0.717) is 12.2 Å². The van der Waals surface area contributed by atoms with Gasteiger partial charge in [-0.25, -0.2) is 0 Å². The monoisotopic (exact) mass is 282 g/mol. The van der Waals surface area contributed by atoms with Gasteiger partial charge in [-0.2, -0.15) is 0 Å². The first kappa shape index (κ1) is 13.3. The van der Waals surface area contributed by atoms with E-state index in [4.69, 9.17) is 10.5 Å². The molecule has 2 N–H and O–H groups in total. The van der Waals surface area contributed by atoms with Gasteiger partial charge in [0.05, 0.1) is 12.2 Å². The summed E-state index contributed by atoms with van der Waals surface area (Å²) in [7, 11) is 0. The van der Waals surface area contributed by atoms with Gasteiger partial charge < -0.3 is 10.5 Å². The van der Waals surface area contributed by atoms with Crippen LogP contribution < -0.4 is 5.73 Å². The van der Waals surface area contributed by atoms with Gasteiger partial charge in [0.25, 0.3) is 0 Å². The highest BCUT2D eigenvalue weighted by Crippen LogP contribution is 2.28. The van der Waals surface area contributed by atoms with Crippen molar-refractivity contribution in [2.45, 2.75) is 31.1 Å². The second kappa shape index (κ2) is 5.41. The molecule has 110 valence electrons. The summed E-state index contributed by atoms with van der Waals surface area (Å²) >= 11 is 0. The molecule has 0 radical (unpaired) electrons. The summed E-state index contributed by atoms with van der Waals surface area (Å²) in [5.74, 6) is 0. The maximum absolute atomic E-state index is 6.52. The molecule has 3 heteroatoms. The van der Waals surface area contributed by atoms with Crippen LogP contribution in [0.15, 0.2) is 42.5 Å². The molecule has 0 amide bonds. The fourth-order valence-corrected chi connectivity index (χ4v) is 3.80. The first-order valence-electron chi connectivity index (χ1n) is 7.90. The van der Waals surface area contributed by atoms with Gasteiger partial charge in [-0.3, -0.25) is 4.90 Å². The van der Waals surface area contributed by atoms with Gasteiger partial charge in [0.1, 0.15) is 0 Å². The molecular weight excluding hydrogens is 260 g/mol. The average molecular weight is 282 g/mol. The molecule has 2 aromatic carbocycles. The Morgan fingerprint density at radius 1 is 1.05 bits per heavy atom. The van der Waals surface area contributed by atoms with Crippen LogP contribution in [-0.4, -0.2) is 36.7 Å².